The average Bonchev–Trinajstić information content (AvgIpc) is 3.17. The maximum absolute atomic E-state index is 13.2. The van der Waals surface area contributed by atoms with Crippen LogP contribution in [0.15, 0.2) is 96.3 Å². The van der Waals surface area contributed by atoms with Crippen molar-refractivity contribution in [2.24, 2.45) is 0 Å². The largest absolute Gasteiger partial charge is 0.508 e. The third-order valence-electron chi connectivity index (χ3n) is 7.01. The van der Waals surface area contributed by atoms with Crippen LogP contribution in [0.5, 0.6) is 0 Å². The number of benzene rings is 3. The Kier molecular flexibility index (Phi) is 5.93. The van der Waals surface area contributed by atoms with Crippen LogP contribution in [-0.2, 0) is 15.1 Å². The minimum absolute atomic E-state index is 0.274. The first-order chi connectivity index (χ1) is 16.6. The summed E-state index contributed by atoms with van der Waals surface area (Å²) in [5, 5.41) is 17.1. The first-order valence-electron chi connectivity index (χ1n) is 11.9. The second kappa shape index (κ2) is 9.18. The lowest BCUT2D eigenvalue weighted by molar-refractivity contribution is -0.121. The summed E-state index contributed by atoms with van der Waals surface area (Å²) in [6.45, 7) is 0. The standard InChI is InChI=1S/C29H28N2O3/c32-26-25(27(33)30-24-18-16-21(17-19-24)20-10-4-1-5-11-20)28(34)31-29(26,22-12-6-2-7-13-22)23-14-8-3-9-15-23/h2-3,6-9,12-20,32H,1,4-5,10-11H2,(H,30,33)(H,31,34). The maximum Gasteiger partial charge on any atom is 0.264 e. The summed E-state index contributed by atoms with van der Waals surface area (Å²) in [4.78, 5) is 26.2. The van der Waals surface area contributed by atoms with Crippen LogP contribution >= 0.6 is 0 Å². The van der Waals surface area contributed by atoms with E-state index in [1.807, 2.05) is 84.9 Å². The quantitative estimate of drug-likeness (QED) is 0.444. The number of hydrogen-bond acceptors (Lipinski definition) is 3. The van der Waals surface area contributed by atoms with Gasteiger partial charge in [0.2, 0.25) is 0 Å². The molecule has 2 amide bonds. The van der Waals surface area contributed by atoms with Gasteiger partial charge in [-0.15, -0.1) is 0 Å². The fourth-order valence-electron chi connectivity index (χ4n) is 5.23. The van der Waals surface area contributed by atoms with E-state index in [9.17, 15) is 14.7 Å². The van der Waals surface area contributed by atoms with Crippen LogP contribution < -0.4 is 10.6 Å². The molecule has 172 valence electrons. The van der Waals surface area contributed by atoms with Crippen molar-refractivity contribution >= 4 is 17.5 Å². The molecule has 3 N–H and O–H groups in total. The van der Waals surface area contributed by atoms with Gasteiger partial charge in [0, 0.05) is 5.69 Å². The second-order valence-corrected chi connectivity index (χ2v) is 9.07. The van der Waals surface area contributed by atoms with Gasteiger partial charge in [0.25, 0.3) is 11.8 Å². The fraction of sp³-hybridized carbons (Fsp3) is 0.241. The molecule has 1 aliphatic carbocycles. The van der Waals surface area contributed by atoms with Crippen molar-refractivity contribution in [1.29, 1.82) is 0 Å². The Bertz CT molecular complexity index is 1170. The molecule has 0 saturated heterocycles. The van der Waals surface area contributed by atoms with E-state index >= 15 is 0 Å². The Balaban J connectivity index is 1.46. The third kappa shape index (κ3) is 3.87. The SMILES string of the molecule is O=C(Nc1ccc(C2CCCCC2)cc1)C1=C(O)C(c2ccccc2)(c2ccccc2)NC1=O. The number of hydrogen-bond donors (Lipinski definition) is 3. The van der Waals surface area contributed by atoms with Crippen LogP contribution in [0.2, 0.25) is 0 Å². The van der Waals surface area contributed by atoms with Crippen molar-refractivity contribution in [1.82, 2.24) is 5.32 Å². The molecule has 0 radical (unpaired) electrons. The number of carbonyl (C=O) groups is 2. The van der Waals surface area contributed by atoms with Crippen molar-refractivity contribution in [3.05, 3.63) is 113 Å². The molecule has 5 heteroatoms. The van der Waals surface area contributed by atoms with Crippen LogP contribution in [0, 0.1) is 0 Å². The number of rotatable bonds is 5. The normalized spacial score (nSPS) is 17.9. The minimum Gasteiger partial charge on any atom is -0.508 e. The van der Waals surface area contributed by atoms with Crippen molar-refractivity contribution in [3.63, 3.8) is 0 Å². The Morgan fingerprint density at radius 1 is 0.824 bits per heavy atom. The van der Waals surface area contributed by atoms with E-state index in [1.165, 1.54) is 37.7 Å². The Hall–Kier alpha value is -3.86. The lowest BCUT2D eigenvalue weighted by Crippen LogP contribution is -2.43. The smallest absolute Gasteiger partial charge is 0.264 e. The van der Waals surface area contributed by atoms with Crippen LogP contribution in [0.3, 0.4) is 0 Å². The van der Waals surface area contributed by atoms with E-state index in [-0.39, 0.29) is 11.3 Å². The molecular weight excluding hydrogens is 424 g/mol. The number of aliphatic hydroxyl groups is 1. The summed E-state index contributed by atoms with van der Waals surface area (Å²) in [5.74, 6) is -0.967. The summed E-state index contributed by atoms with van der Waals surface area (Å²) in [7, 11) is 0. The van der Waals surface area contributed by atoms with Crippen LogP contribution in [-0.4, -0.2) is 16.9 Å². The number of anilines is 1. The Labute approximate surface area is 199 Å². The summed E-state index contributed by atoms with van der Waals surface area (Å²) < 4.78 is 0. The Morgan fingerprint density at radius 3 is 1.94 bits per heavy atom. The van der Waals surface area contributed by atoms with E-state index in [4.69, 9.17) is 0 Å². The van der Waals surface area contributed by atoms with Gasteiger partial charge >= 0.3 is 0 Å². The number of aliphatic hydroxyl groups excluding tert-OH is 1. The highest BCUT2D eigenvalue weighted by molar-refractivity contribution is 6.25. The van der Waals surface area contributed by atoms with Crippen molar-refractivity contribution < 1.29 is 14.7 Å². The summed E-state index contributed by atoms with van der Waals surface area (Å²) in [6, 6.07) is 26.2. The van der Waals surface area contributed by atoms with E-state index in [0.717, 1.165) is 0 Å². The van der Waals surface area contributed by atoms with Gasteiger partial charge in [-0.3, -0.25) is 9.59 Å². The van der Waals surface area contributed by atoms with Gasteiger partial charge in [0.15, 0.2) is 0 Å². The number of amides is 2. The molecule has 5 nitrogen and oxygen atoms in total. The molecule has 5 rings (SSSR count). The zero-order chi connectivity index (χ0) is 23.5. The van der Waals surface area contributed by atoms with Crippen molar-refractivity contribution in [3.8, 4) is 0 Å². The van der Waals surface area contributed by atoms with Gasteiger partial charge in [-0.25, -0.2) is 0 Å². The third-order valence-corrected chi connectivity index (χ3v) is 7.01. The predicted molar refractivity (Wildman–Crippen MR) is 132 cm³/mol. The van der Waals surface area contributed by atoms with E-state index in [2.05, 4.69) is 10.6 Å². The molecule has 1 heterocycles. The first-order valence-corrected chi connectivity index (χ1v) is 11.9. The van der Waals surface area contributed by atoms with E-state index in [0.29, 0.717) is 22.7 Å². The Morgan fingerprint density at radius 2 is 1.38 bits per heavy atom. The molecule has 0 aromatic heterocycles. The van der Waals surface area contributed by atoms with Crippen molar-refractivity contribution in [2.75, 3.05) is 5.32 Å². The molecule has 1 aliphatic heterocycles. The predicted octanol–water partition coefficient (Wildman–Crippen LogP) is 5.56. The minimum atomic E-state index is -1.32. The van der Waals surface area contributed by atoms with E-state index in [1.54, 1.807) is 0 Å². The topological polar surface area (TPSA) is 78.4 Å². The molecule has 34 heavy (non-hydrogen) atoms. The zero-order valence-electron chi connectivity index (χ0n) is 19.0. The van der Waals surface area contributed by atoms with Gasteiger partial charge in [-0.05, 0) is 47.6 Å². The summed E-state index contributed by atoms with van der Waals surface area (Å²) >= 11 is 0. The lowest BCUT2D eigenvalue weighted by atomic mass is 9.82. The van der Waals surface area contributed by atoms with Crippen LogP contribution in [0.25, 0.3) is 0 Å². The average molecular weight is 453 g/mol. The highest BCUT2D eigenvalue weighted by atomic mass is 16.3. The van der Waals surface area contributed by atoms with Gasteiger partial charge in [-0.2, -0.15) is 0 Å². The highest BCUT2D eigenvalue weighted by Crippen LogP contribution is 2.41. The van der Waals surface area contributed by atoms with Crippen LogP contribution in [0.1, 0.15) is 54.7 Å². The first kappa shape index (κ1) is 22.0. The molecule has 1 saturated carbocycles. The van der Waals surface area contributed by atoms with Gasteiger partial charge in [0.05, 0.1) is 0 Å². The summed E-state index contributed by atoms with van der Waals surface area (Å²) in [5.41, 5.74) is 1.62. The molecule has 3 aromatic rings. The van der Waals surface area contributed by atoms with Crippen molar-refractivity contribution in [2.45, 2.75) is 43.6 Å². The maximum atomic E-state index is 13.2. The second-order valence-electron chi connectivity index (χ2n) is 9.07. The lowest BCUT2D eigenvalue weighted by Gasteiger charge is -2.30. The molecular formula is C29H28N2O3. The number of carbonyl (C=O) groups excluding carboxylic acids is 2. The summed E-state index contributed by atoms with van der Waals surface area (Å²) in [6.07, 6.45) is 6.23. The number of nitrogens with one attached hydrogen (secondary N) is 2. The van der Waals surface area contributed by atoms with Gasteiger partial charge in [-0.1, -0.05) is 92.1 Å². The molecule has 0 unspecified atom stereocenters. The molecule has 0 spiro atoms. The molecule has 0 atom stereocenters. The highest BCUT2D eigenvalue weighted by Gasteiger charge is 2.50. The van der Waals surface area contributed by atoms with Gasteiger partial charge in [0.1, 0.15) is 16.9 Å². The van der Waals surface area contributed by atoms with Gasteiger partial charge < -0.3 is 15.7 Å². The molecule has 0 bridgehead atoms. The molecule has 1 fully saturated rings. The monoisotopic (exact) mass is 452 g/mol. The zero-order valence-corrected chi connectivity index (χ0v) is 19.0. The molecule has 3 aromatic carbocycles. The molecule has 2 aliphatic rings. The fourth-order valence-corrected chi connectivity index (χ4v) is 5.23. The van der Waals surface area contributed by atoms with E-state index < -0.39 is 17.4 Å². The van der Waals surface area contributed by atoms with Crippen LogP contribution in [0.4, 0.5) is 5.69 Å².